The zero-order chi connectivity index (χ0) is 13.0. The first-order valence-corrected chi connectivity index (χ1v) is 6.99. The highest BCUT2D eigenvalue weighted by molar-refractivity contribution is 7.99. The lowest BCUT2D eigenvalue weighted by Crippen LogP contribution is -2.06. The maximum absolute atomic E-state index is 3.23. The Morgan fingerprint density at radius 3 is 2.28 bits per heavy atom. The Bertz CT molecular complexity index is 517. The maximum atomic E-state index is 3.23. The van der Waals surface area contributed by atoms with Crippen LogP contribution in [0.3, 0.4) is 0 Å². The number of hydrogen-bond donors (Lipinski definition) is 1. The summed E-state index contributed by atoms with van der Waals surface area (Å²) in [4.78, 5) is 2.63. The van der Waals surface area contributed by atoms with E-state index in [0.717, 1.165) is 6.54 Å². The van der Waals surface area contributed by atoms with Crippen molar-refractivity contribution >= 4 is 11.8 Å². The predicted octanol–water partition coefficient (Wildman–Crippen LogP) is 4.17. The van der Waals surface area contributed by atoms with Gasteiger partial charge in [-0.15, -0.1) is 0 Å². The van der Waals surface area contributed by atoms with E-state index in [1.54, 1.807) is 0 Å². The van der Waals surface area contributed by atoms with E-state index in [4.69, 9.17) is 0 Å². The highest BCUT2D eigenvalue weighted by Gasteiger charge is 2.04. The van der Waals surface area contributed by atoms with Crippen molar-refractivity contribution in [2.75, 3.05) is 7.05 Å². The molecule has 18 heavy (non-hydrogen) atoms. The Hall–Kier alpha value is -1.25. The van der Waals surface area contributed by atoms with Crippen LogP contribution in [0.4, 0.5) is 0 Å². The zero-order valence-corrected chi connectivity index (χ0v) is 12.0. The molecule has 2 aromatic rings. The van der Waals surface area contributed by atoms with Gasteiger partial charge >= 0.3 is 0 Å². The van der Waals surface area contributed by atoms with Crippen molar-refractivity contribution in [3.8, 4) is 0 Å². The minimum Gasteiger partial charge on any atom is -0.316 e. The molecule has 2 aromatic carbocycles. The fourth-order valence-electron chi connectivity index (χ4n) is 1.87. The summed E-state index contributed by atoms with van der Waals surface area (Å²) in [6.07, 6.45) is 0. The van der Waals surface area contributed by atoms with Crippen LogP contribution in [-0.4, -0.2) is 7.05 Å². The number of hydrogen-bond acceptors (Lipinski definition) is 2. The monoisotopic (exact) mass is 257 g/mol. The average molecular weight is 257 g/mol. The minimum absolute atomic E-state index is 0.913. The highest BCUT2D eigenvalue weighted by atomic mass is 32.2. The van der Waals surface area contributed by atoms with Gasteiger partial charge in [-0.1, -0.05) is 47.2 Å². The standard InChI is InChI=1S/C16H19NS/c1-12-4-7-15(8-5-12)18-16-9-6-13(2)10-14(16)11-17-3/h4-10,17H,11H2,1-3H3. The Morgan fingerprint density at radius 2 is 1.61 bits per heavy atom. The molecule has 1 N–H and O–H groups in total. The summed E-state index contributed by atoms with van der Waals surface area (Å²) >= 11 is 1.83. The summed E-state index contributed by atoms with van der Waals surface area (Å²) in [6, 6.07) is 15.3. The second-order valence-electron chi connectivity index (χ2n) is 4.56. The number of aryl methyl sites for hydroxylation is 2. The van der Waals surface area contributed by atoms with E-state index in [1.807, 2.05) is 18.8 Å². The summed E-state index contributed by atoms with van der Waals surface area (Å²) in [5.41, 5.74) is 3.98. The molecule has 0 unspecified atom stereocenters. The number of rotatable bonds is 4. The van der Waals surface area contributed by atoms with Crippen LogP contribution in [-0.2, 0) is 6.54 Å². The maximum Gasteiger partial charge on any atom is 0.0213 e. The third-order valence-corrected chi connectivity index (χ3v) is 3.96. The molecule has 0 aliphatic carbocycles. The van der Waals surface area contributed by atoms with E-state index < -0.39 is 0 Å². The van der Waals surface area contributed by atoms with Crippen molar-refractivity contribution in [1.82, 2.24) is 5.32 Å². The zero-order valence-electron chi connectivity index (χ0n) is 11.2. The van der Waals surface area contributed by atoms with E-state index in [0.29, 0.717) is 0 Å². The van der Waals surface area contributed by atoms with Gasteiger partial charge in [0.15, 0.2) is 0 Å². The lowest BCUT2D eigenvalue weighted by molar-refractivity contribution is 0.802. The molecule has 2 heteroatoms. The molecule has 2 rings (SSSR count). The van der Waals surface area contributed by atoms with E-state index in [9.17, 15) is 0 Å². The van der Waals surface area contributed by atoms with E-state index in [1.165, 1.54) is 26.5 Å². The largest absolute Gasteiger partial charge is 0.316 e. The van der Waals surface area contributed by atoms with Crippen molar-refractivity contribution in [3.63, 3.8) is 0 Å². The topological polar surface area (TPSA) is 12.0 Å². The first-order chi connectivity index (χ1) is 8.69. The van der Waals surface area contributed by atoms with Crippen LogP contribution in [0.25, 0.3) is 0 Å². The first kappa shape index (κ1) is 13.2. The fourth-order valence-corrected chi connectivity index (χ4v) is 2.79. The Labute approximate surface area is 114 Å². The molecule has 0 saturated heterocycles. The van der Waals surface area contributed by atoms with Gasteiger partial charge in [-0.25, -0.2) is 0 Å². The summed E-state index contributed by atoms with van der Waals surface area (Å²) in [7, 11) is 1.99. The van der Waals surface area contributed by atoms with Crippen LogP contribution < -0.4 is 5.32 Å². The van der Waals surface area contributed by atoms with Crippen LogP contribution in [0.2, 0.25) is 0 Å². The molecule has 0 heterocycles. The summed E-state index contributed by atoms with van der Waals surface area (Å²) < 4.78 is 0. The number of benzene rings is 2. The second-order valence-corrected chi connectivity index (χ2v) is 5.67. The van der Waals surface area contributed by atoms with Crippen molar-refractivity contribution in [2.45, 2.75) is 30.2 Å². The van der Waals surface area contributed by atoms with Gasteiger partial charge < -0.3 is 5.32 Å². The Kier molecular flexibility index (Phi) is 4.45. The summed E-state index contributed by atoms with van der Waals surface area (Å²) in [6.45, 7) is 5.17. The molecular formula is C16H19NS. The quantitative estimate of drug-likeness (QED) is 0.882. The smallest absolute Gasteiger partial charge is 0.0213 e. The molecule has 0 amide bonds. The molecule has 1 nitrogen and oxygen atoms in total. The Morgan fingerprint density at radius 1 is 0.944 bits per heavy atom. The highest BCUT2D eigenvalue weighted by Crippen LogP contribution is 2.31. The average Bonchev–Trinajstić information content (AvgIpc) is 2.36. The van der Waals surface area contributed by atoms with Crippen LogP contribution in [0, 0.1) is 13.8 Å². The first-order valence-electron chi connectivity index (χ1n) is 6.17. The van der Waals surface area contributed by atoms with Crippen LogP contribution in [0.1, 0.15) is 16.7 Å². The number of nitrogens with one attached hydrogen (secondary N) is 1. The van der Waals surface area contributed by atoms with Crippen LogP contribution >= 0.6 is 11.8 Å². The third kappa shape index (κ3) is 3.37. The molecule has 0 aliphatic rings. The van der Waals surface area contributed by atoms with Gasteiger partial charge in [-0.05, 0) is 44.7 Å². The van der Waals surface area contributed by atoms with Crippen molar-refractivity contribution in [3.05, 3.63) is 59.2 Å². The summed E-state index contributed by atoms with van der Waals surface area (Å²) in [5.74, 6) is 0. The van der Waals surface area contributed by atoms with Crippen LogP contribution in [0.15, 0.2) is 52.3 Å². The minimum atomic E-state index is 0.913. The molecule has 0 aliphatic heterocycles. The predicted molar refractivity (Wildman–Crippen MR) is 79.2 cm³/mol. The van der Waals surface area contributed by atoms with Gasteiger partial charge in [0, 0.05) is 16.3 Å². The lowest BCUT2D eigenvalue weighted by Gasteiger charge is -2.10. The second kappa shape index (κ2) is 6.07. The molecule has 0 bridgehead atoms. The lowest BCUT2D eigenvalue weighted by atomic mass is 10.1. The SMILES string of the molecule is CNCc1cc(C)ccc1Sc1ccc(C)cc1. The van der Waals surface area contributed by atoms with Gasteiger partial charge in [0.25, 0.3) is 0 Å². The van der Waals surface area contributed by atoms with Gasteiger partial charge in [-0.3, -0.25) is 0 Å². The van der Waals surface area contributed by atoms with Crippen molar-refractivity contribution in [1.29, 1.82) is 0 Å². The van der Waals surface area contributed by atoms with Gasteiger partial charge in [-0.2, -0.15) is 0 Å². The van der Waals surface area contributed by atoms with Gasteiger partial charge in [0.2, 0.25) is 0 Å². The molecule has 0 atom stereocenters. The molecule has 94 valence electrons. The molecule has 0 aromatic heterocycles. The summed E-state index contributed by atoms with van der Waals surface area (Å²) in [5, 5.41) is 3.23. The van der Waals surface area contributed by atoms with Crippen molar-refractivity contribution < 1.29 is 0 Å². The van der Waals surface area contributed by atoms with E-state index in [-0.39, 0.29) is 0 Å². The molecule has 0 saturated carbocycles. The van der Waals surface area contributed by atoms with E-state index in [2.05, 4.69) is 61.6 Å². The van der Waals surface area contributed by atoms with Gasteiger partial charge in [0.1, 0.15) is 0 Å². The molecular weight excluding hydrogens is 238 g/mol. The molecule has 0 spiro atoms. The van der Waals surface area contributed by atoms with E-state index >= 15 is 0 Å². The van der Waals surface area contributed by atoms with Gasteiger partial charge in [0.05, 0.1) is 0 Å². The fraction of sp³-hybridized carbons (Fsp3) is 0.250. The third-order valence-electron chi connectivity index (χ3n) is 2.83. The normalized spacial score (nSPS) is 10.6. The van der Waals surface area contributed by atoms with Crippen molar-refractivity contribution in [2.24, 2.45) is 0 Å². The van der Waals surface area contributed by atoms with Crippen LogP contribution in [0.5, 0.6) is 0 Å². The molecule has 0 fully saturated rings. The molecule has 0 radical (unpaired) electrons. The Balaban J connectivity index is 2.25.